The van der Waals surface area contributed by atoms with Crippen molar-refractivity contribution in [2.24, 2.45) is 0 Å². The van der Waals surface area contributed by atoms with E-state index in [2.05, 4.69) is 5.32 Å². The number of hydrogen-bond acceptors (Lipinski definition) is 4. The summed E-state index contributed by atoms with van der Waals surface area (Å²) in [4.78, 5) is 11.9. The highest BCUT2D eigenvalue weighted by Gasteiger charge is 2.21. The molecular weight excluding hydrogens is 351 g/mol. The van der Waals surface area contributed by atoms with Gasteiger partial charge < -0.3 is 5.32 Å². The van der Waals surface area contributed by atoms with Crippen molar-refractivity contribution in [3.8, 4) is 0 Å². The average Bonchev–Trinajstić information content (AvgIpc) is 3.06. The quantitative estimate of drug-likeness (QED) is 0.814. The summed E-state index contributed by atoms with van der Waals surface area (Å²) in [5.41, 5.74) is 1.20. The molecule has 130 valence electrons. The Balaban J connectivity index is 1.85. The summed E-state index contributed by atoms with van der Waals surface area (Å²) in [6.45, 7) is 2.01. The molecule has 8 heteroatoms. The van der Waals surface area contributed by atoms with Crippen molar-refractivity contribution in [3.05, 3.63) is 47.1 Å². The summed E-state index contributed by atoms with van der Waals surface area (Å²) in [5, 5.41) is 4.35. The number of halogens is 1. The Hall–Kier alpha value is -1.77. The van der Waals surface area contributed by atoms with Crippen LogP contribution in [0.2, 0.25) is 0 Å². The van der Waals surface area contributed by atoms with Crippen LogP contribution in [0, 0.1) is 12.7 Å². The number of amides is 1. The van der Waals surface area contributed by atoms with Gasteiger partial charge >= 0.3 is 0 Å². The predicted molar refractivity (Wildman–Crippen MR) is 93.1 cm³/mol. The molecule has 24 heavy (non-hydrogen) atoms. The first-order valence-corrected chi connectivity index (χ1v) is 9.68. The number of thiophene rings is 1. The van der Waals surface area contributed by atoms with E-state index in [-0.39, 0.29) is 23.1 Å². The van der Waals surface area contributed by atoms with Crippen LogP contribution >= 0.6 is 11.3 Å². The number of benzene rings is 1. The molecule has 0 unspecified atom stereocenters. The number of carbonyl (C=O) groups excluding carboxylic acids is 1. The van der Waals surface area contributed by atoms with Crippen LogP contribution in [0.3, 0.4) is 0 Å². The molecule has 1 amide bonds. The highest BCUT2D eigenvalue weighted by atomic mass is 32.2. The Morgan fingerprint density at radius 2 is 2.08 bits per heavy atom. The third-order valence-corrected chi connectivity index (χ3v) is 6.74. The van der Waals surface area contributed by atoms with Crippen molar-refractivity contribution in [1.82, 2.24) is 4.31 Å². The lowest BCUT2D eigenvalue weighted by Gasteiger charge is -2.16. The fourth-order valence-corrected chi connectivity index (χ4v) is 4.50. The van der Waals surface area contributed by atoms with Crippen LogP contribution < -0.4 is 5.32 Å². The lowest BCUT2D eigenvalue weighted by molar-refractivity contribution is -0.116. The van der Waals surface area contributed by atoms with Crippen LogP contribution in [0.15, 0.2) is 39.9 Å². The maximum Gasteiger partial charge on any atom is 0.252 e. The zero-order valence-corrected chi connectivity index (χ0v) is 15.1. The van der Waals surface area contributed by atoms with Crippen LogP contribution in [-0.4, -0.2) is 32.2 Å². The second-order valence-electron chi connectivity index (χ2n) is 5.37. The second-order valence-corrected chi connectivity index (χ2v) is 8.59. The first-order valence-electron chi connectivity index (χ1n) is 7.36. The van der Waals surface area contributed by atoms with Gasteiger partial charge in [0.15, 0.2) is 0 Å². The molecule has 0 saturated heterocycles. The number of aryl methyl sites for hydroxylation is 1. The van der Waals surface area contributed by atoms with Gasteiger partial charge in [0.2, 0.25) is 5.91 Å². The molecule has 1 aromatic heterocycles. The lowest BCUT2D eigenvalue weighted by Crippen LogP contribution is -2.28. The van der Waals surface area contributed by atoms with Crippen LogP contribution in [0.25, 0.3) is 0 Å². The second kappa shape index (κ2) is 7.87. The SMILES string of the molecule is Cc1ccc(F)cc1NC(=O)CCCN(C)S(=O)(=O)c1cccs1. The largest absolute Gasteiger partial charge is 0.326 e. The van der Waals surface area contributed by atoms with Gasteiger partial charge in [-0.2, -0.15) is 0 Å². The Kier molecular flexibility index (Phi) is 6.09. The molecule has 0 fully saturated rings. The van der Waals surface area contributed by atoms with Gasteiger partial charge in [0.25, 0.3) is 10.0 Å². The minimum atomic E-state index is -3.49. The molecular formula is C16H19FN2O3S2. The van der Waals surface area contributed by atoms with Gasteiger partial charge in [-0.15, -0.1) is 11.3 Å². The van der Waals surface area contributed by atoms with Gasteiger partial charge in [-0.3, -0.25) is 4.79 Å². The van der Waals surface area contributed by atoms with Crippen molar-refractivity contribution >= 4 is 33.0 Å². The third kappa shape index (κ3) is 4.62. The molecule has 2 rings (SSSR count). The van der Waals surface area contributed by atoms with Crippen LogP contribution in [0.4, 0.5) is 10.1 Å². The first-order chi connectivity index (χ1) is 11.3. The van der Waals surface area contributed by atoms with E-state index in [1.807, 2.05) is 0 Å². The van der Waals surface area contributed by atoms with Crippen molar-refractivity contribution in [1.29, 1.82) is 0 Å². The molecule has 0 aliphatic rings. The summed E-state index contributed by atoms with van der Waals surface area (Å²) in [6, 6.07) is 7.42. The zero-order valence-electron chi connectivity index (χ0n) is 13.5. The maximum atomic E-state index is 13.2. The Morgan fingerprint density at radius 3 is 2.75 bits per heavy atom. The summed E-state index contributed by atoms with van der Waals surface area (Å²) in [7, 11) is -2.00. The Bertz CT molecular complexity index is 805. The van der Waals surface area contributed by atoms with E-state index in [1.54, 1.807) is 30.5 Å². The van der Waals surface area contributed by atoms with Crippen LogP contribution in [0.5, 0.6) is 0 Å². The van der Waals surface area contributed by atoms with E-state index < -0.39 is 15.8 Å². The van der Waals surface area contributed by atoms with E-state index in [9.17, 15) is 17.6 Å². The Morgan fingerprint density at radius 1 is 1.33 bits per heavy atom. The highest BCUT2D eigenvalue weighted by Crippen LogP contribution is 2.20. The average molecular weight is 370 g/mol. The van der Waals surface area contributed by atoms with Crippen molar-refractivity contribution < 1.29 is 17.6 Å². The van der Waals surface area contributed by atoms with E-state index in [4.69, 9.17) is 0 Å². The molecule has 0 spiro atoms. The molecule has 2 aromatic rings. The number of nitrogens with one attached hydrogen (secondary N) is 1. The van der Waals surface area contributed by atoms with Crippen LogP contribution in [0.1, 0.15) is 18.4 Å². The van der Waals surface area contributed by atoms with Gasteiger partial charge in [0.05, 0.1) is 0 Å². The fraction of sp³-hybridized carbons (Fsp3) is 0.312. The van der Waals surface area contributed by atoms with Crippen molar-refractivity contribution in [3.63, 3.8) is 0 Å². The number of hydrogen-bond donors (Lipinski definition) is 1. The van der Waals surface area contributed by atoms with E-state index >= 15 is 0 Å². The van der Waals surface area contributed by atoms with Crippen LogP contribution in [-0.2, 0) is 14.8 Å². The summed E-state index contributed by atoms with van der Waals surface area (Å²) < 4.78 is 39.2. The highest BCUT2D eigenvalue weighted by molar-refractivity contribution is 7.91. The minimum absolute atomic E-state index is 0.153. The molecule has 1 N–H and O–H groups in total. The van der Waals surface area contributed by atoms with Gasteiger partial charge in [-0.1, -0.05) is 12.1 Å². The molecule has 0 atom stereocenters. The number of anilines is 1. The summed E-state index contributed by atoms with van der Waals surface area (Å²) in [5.74, 6) is -0.691. The van der Waals surface area contributed by atoms with Gasteiger partial charge in [-0.05, 0) is 42.5 Å². The number of rotatable bonds is 7. The molecule has 1 aromatic carbocycles. The number of carbonyl (C=O) groups is 1. The molecule has 0 saturated carbocycles. The standard InChI is InChI=1S/C16H19FN2O3S2/c1-12-7-8-13(17)11-14(12)18-15(20)5-3-9-19(2)24(21,22)16-6-4-10-23-16/h4,6-8,10-11H,3,5,9H2,1-2H3,(H,18,20). The molecule has 1 heterocycles. The maximum absolute atomic E-state index is 13.2. The van der Waals surface area contributed by atoms with Crippen molar-refractivity contribution in [2.45, 2.75) is 24.0 Å². The minimum Gasteiger partial charge on any atom is -0.326 e. The zero-order chi connectivity index (χ0) is 17.7. The van der Waals surface area contributed by atoms with E-state index in [0.29, 0.717) is 12.1 Å². The first kappa shape index (κ1) is 18.6. The fourth-order valence-electron chi connectivity index (χ4n) is 2.09. The molecule has 0 radical (unpaired) electrons. The normalized spacial score (nSPS) is 11.7. The molecule has 0 aliphatic carbocycles. The van der Waals surface area contributed by atoms with Gasteiger partial charge in [-0.25, -0.2) is 17.1 Å². The number of nitrogens with zero attached hydrogens (tertiary/aromatic N) is 1. The molecule has 0 aliphatic heterocycles. The topological polar surface area (TPSA) is 66.5 Å². The van der Waals surface area contributed by atoms with Gasteiger partial charge in [0, 0.05) is 25.7 Å². The van der Waals surface area contributed by atoms with E-state index in [0.717, 1.165) is 16.9 Å². The predicted octanol–water partition coefficient (Wildman–Crippen LogP) is 3.24. The summed E-state index contributed by atoms with van der Waals surface area (Å²) in [6.07, 6.45) is 0.529. The number of sulfonamides is 1. The van der Waals surface area contributed by atoms with Gasteiger partial charge in [0.1, 0.15) is 10.0 Å². The summed E-state index contributed by atoms with van der Waals surface area (Å²) >= 11 is 1.16. The van der Waals surface area contributed by atoms with Crippen molar-refractivity contribution in [2.75, 3.05) is 18.9 Å². The Labute approximate surface area is 145 Å². The lowest BCUT2D eigenvalue weighted by atomic mass is 10.2. The third-order valence-electron chi connectivity index (χ3n) is 3.51. The molecule has 5 nitrogen and oxygen atoms in total. The molecule has 0 bridgehead atoms. The monoisotopic (exact) mass is 370 g/mol. The smallest absolute Gasteiger partial charge is 0.252 e. The van der Waals surface area contributed by atoms with E-state index in [1.165, 1.54) is 23.5 Å².